The van der Waals surface area contributed by atoms with Crippen molar-refractivity contribution in [1.82, 2.24) is 20.9 Å². The minimum atomic E-state index is -1.16. The first-order valence-corrected chi connectivity index (χ1v) is 13.5. The van der Waals surface area contributed by atoms with Crippen LogP contribution in [0.2, 0.25) is 0 Å². The predicted octanol–water partition coefficient (Wildman–Crippen LogP) is 0.682. The molecule has 0 aliphatic carbocycles. The number of carboxylic acid groups (broad SMARTS) is 1. The lowest BCUT2D eigenvalue weighted by Gasteiger charge is -2.26. The Kier molecular flexibility index (Phi) is 12.6. The van der Waals surface area contributed by atoms with Crippen LogP contribution >= 0.6 is 12.6 Å². The number of para-hydroxylation sites is 1. The van der Waals surface area contributed by atoms with Crippen molar-refractivity contribution in [2.75, 3.05) is 12.3 Å². The Morgan fingerprint density at radius 2 is 1.68 bits per heavy atom. The number of aromatic amines is 1. The third kappa shape index (κ3) is 8.74. The second kappa shape index (κ2) is 15.4. The number of nitrogens with two attached hydrogens (primary N) is 2. The molecule has 5 unspecified atom stereocenters. The van der Waals surface area contributed by atoms with Crippen LogP contribution in [0.3, 0.4) is 0 Å². The van der Waals surface area contributed by atoms with Gasteiger partial charge in [-0.05, 0) is 43.4 Å². The largest absolute Gasteiger partial charge is 0.480 e. The van der Waals surface area contributed by atoms with E-state index in [0.29, 0.717) is 32.2 Å². The quantitative estimate of drug-likeness (QED) is 0.112. The molecule has 0 spiro atoms. The molecule has 38 heavy (non-hydrogen) atoms. The average Bonchev–Trinajstić information content (AvgIpc) is 3.32. The topological polar surface area (TPSA) is 192 Å². The van der Waals surface area contributed by atoms with Crippen molar-refractivity contribution in [1.29, 1.82) is 0 Å². The molecule has 0 aliphatic heterocycles. The van der Waals surface area contributed by atoms with E-state index in [9.17, 15) is 24.3 Å². The lowest BCUT2D eigenvalue weighted by atomic mass is 9.97. The number of carbonyl (C=O) groups is 4. The van der Waals surface area contributed by atoms with E-state index in [1.165, 1.54) is 0 Å². The molecule has 0 saturated heterocycles. The number of carbonyl (C=O) groups excluding carboxylic acids is 3. The molecule has 1 aromatic carbocycles. The number of aliphatic carboxylic acids is 1. The highest BCUT2D eigenvalue weighted by molar-refractivity contribution is 7.80. The first kappa shape index (κ1) is 31.1. The highest BCUT2D eigenvalue weighted by atomic mass is 32.1. The van der Waals surface area contributed by atoms with Crippen molar-refractivity contribution in [2.45, 2.75) is 70.1 Å². The monoisotopic (exact) mass is 548 g/mol. The van der Waals surface area contributed by atoms with Gasteiger partial charge < -0.3 is 37.5 Å². The van der Waals surface area contributed by atoms with Crippen LogP contribution in [0, 0.1) is 5.92 Å². The molecule has 3 amide bonds. The SMILES string of the molecule is CCC(C)C(NC(=O)C(Cc1c[nH]c2ccccc12)NC(=O)C(CCCCN)NC(=O)C(N)CS)C(=O)O. The summed E-state index contributed by atoms with van der Waals surface area (Å²) in [7, 11) is 0. The molecule has 0 radical (unpaired) electrons. The van der Waals surface area contributed by atoms with Crippen molar-refractivity contribution >= 4 is 47.2 Å². The van der Waals surface area contributed by atoms with Crippen LogP contribution in [-0.4, -0.2) is 70.2 Å². The Morgan fingerprint density at radius 1 is 1.03 bits per heavy atom. The Bertz CT molecular complexity index is 1090. The molecular formula is C26H40N6O5S. The molecule has 0 aliphatic rings. The molecule has 1 heterocycles. The van der Waals surface area contributed by atoms with E-state index in [-0.39, 0.29) is 18.1 Å². The lowest BCUT2D eigenvalue weighted by Crippen LogP contribution is -2.58. The van der Waals surface area contributed by atoms with Crippen molar-refractivity contribution in [2.24, 2.45) is 17.4 Å². The molecule has 5 atom stereocenters. The zero-order chi connectivity index (χ0) is 28.2. The minimum absolute atomic E-state index is 0.0980. The number of rotatable bonds is 16. The molecule has 1 aromatic heterocycles. The van der Waals surface area contributed by atoms with Gasteiger partial charge >= 0.3 is 5.97 Å². The predicted molar refractivity (Wildman–Crippen MR) is 150 cm³/mol. The maximum Gasteiger partial charge on any atom is 0.326 e. The smallest absolute Gasteiger partial charge is 0.326 e. The maximum atomic E-state index is 13.4. The average molecular weight is 549 g/mol. The Labute approximate surface area is 228 Å². The molecule has 0 fully saturated rings. The summed E-state index contributed by atoms with van der Waals surface area (Å²) in [6.45, 7) is 4.00. The number of thiol groups is 1. The number of hydrogen-bond acceptors (Lipinski definition) is 7. The number of H-pyrrole nitrogens is 1. The van der Waals surface area contributed by atoms with Gasteiger partial charge in [0.05, 0.1) is 6.04 Å². The lowest BCUT2D eigenvalue weighted by molar-refractivity contribution is -0.143. The summed E-state index contributed by atoms with van der Waals surface area (Å²) in [4.78, 5) is 54.2. The van der Waals surface area contributed by atoms with Gasteiger partial charge in [0.15, 0.2) is 0 Å². The third-order valence-corrected chi connectivity index (χ3v) is 7.02. The highest BCUT2D eigenvalue weighted by Gasteiger charge is 2.32. The number of benzene rings is 1. The number of unbranched alkanes of at least 4 members (excludes halogenated alkanes) is 1. The van der Waals surface area contributed by atoms with Crippen LogP contribution in [-0.2, 0) is 25.6 Å². The highest BCUT2D eigenvalue weighted by Crippen LogP contribution is 2.20. The van der Waals surface area contributed by atoms with Gasteiger partial charge in [0, 0.05) is 29.3 Å². The van der Waals surface area contributed by atoms with Gasteiger partial charge in [-0.3, -0.25) is 14.4 Å². The number of hydrogen-bond donors (Lipinski definition) is 8. The van der Waals surface area contributed by atoms with Gasteiger partial charge in [-0.25, -0.2) is 4.79 Å². The Balaban J connectivity index is 2.33. The summed E-state index contributed by atoms with van der Waals surface area (Å²) in [5.74, 6) is -3.12. The van der Waals surface area contributed by atoms with Crippen molar-refractivity contribution in [3.8, 4) is 0 Å². The van der Waals surface area contributed by atoms with Gasteiger partial charge in [0.25, 0.3) is 0 Å². The number of aromatic nitrogens is 1. The molecule has 11 nitrogen and oxygen atoms in total. The van der Waals surface area contributed by atoms with E-state index in [0.717, 1.165) is 16.5 Å². The van der Waals surface area contributed by atoms with Crippen LogP contribution in [0.5, 0.6) is 0 Å². The zero-order valence-electron chi connectivity index (χ0n) is 21.9. The standard InChI is InChI=1S/C26H40N6O5S/c1-3-15(2)22(26(36)37)32-25(35)21(12-16-13-29-19-9-5-4-8-17(16)19)31-24(34)20(10-6-7-11-27)30-23(33)18(28)14-38/h4-5,8-9,13,15,18,20-22,29,38H,3,6-7,10-12,14,27-28H2,1-2H3,(H,30,33)(H,31,34)(H,32,35)(H,36,37). The first-order valence-electron chi connectivity index (χ1n) is 12.9. The van der Waals surface area contributed by atoms with E-state index in [4.69, 9.17) is 11.5 Å². The summed E-state index contributed by atoms with van der Waals surface area (Å²) >= 11 is 4.04. The molecule has 0 bridgehead atoms. The summed E-state index contributed by atoms with van der Waals surface area (Å²) in [5, 5.41) is 18.6. The van der Waals surface area contributed by atoms with Crippen LogP contribution < -0.4 is 27.4 Å². The Morgan fingerprint density at radius 3 is 2.32 bits per heavy atom. The molecule has 9 N–H and O–H groups in total. The van der Waals surface area contributed by atoms with Gasteiger partial charge in [-0.15, -0.1) is 0 Å². The van der Waals surface area contributed by atoms with Gasteiger partial charge in [-0.2, -0.15) is 12.6 Å². The minimum Gasteiger partial charge on any atom is -0.480 e. The molecule has 12 heteroatoms. The van der Waals surface area contributed by atoms with Crippen LogP contribution in [0.1, 0.15) is 45.1 Å². The molecule has 2 aromatic rings. The fourth-order valence-corrected chi connectivity index (χ4v) is 4.23. The number of fused-ring (bicyclic) bond motifs is 1. The van der Waals surface area contributed by atoms with Crippen LogP contribution in [0.4, 0.5) is 0 Å². The normalized spacial score (nSPS) is 15.2. The van der Waals surface area contributed by atoms with Crippen molar-refractivity contribution < 1.29 is 24.3 Å². The molecule has 2 rings (SSSR count). The Hall–Kier alpha value is -3.09. The van der Waals surface area contributed by atoms with Crippen LogP contribution in [0.15, 0.2) is 30.5 Å². The maximum absolute atomic E-state index is 13.4. The van der Waals surface area contributed by atoms with Gasteiger partial charge in [0.1, 0.15) is 18.1 Å². The fourth-order valence-electron chi connectivity index (χ4n) is 4.06. The van der Waals surface area contributed by atoms with E-state index in [2.05, 4.69) is 33.6 Å². The number of carboxylic acids is 1. The number of nitrogens with one attached hydrogen (secondary N) is 4. The van der Waals surface area contributed by atoms with E-state index < -0.39 is 47.9 Å². The molecule has 0 saturated carbocycles. The molecular weight excluding hydrogens is 508 g/mol. The summed E-state index contributed by atoms with van der Waals surface area (Å²) in [5.41, 5.74) is 13.0. The zero-order valence-corrected chi connectivity index (χ0v) is 22.8. The summed E-state index contributed by atoms with van der Waals surface area (Å²) < 4.78 is 0. The van der Waals surface area contributed by atoms with Crippen molar-refractivity contribution in [3.63, 3.8) is 0 Å². The molecule has 210 valence electrons. The fraction of sp³-hybridized carbons (Fsp3) is 0.538. The van der Waals surface area contributed by atoms with E-state index in [1.54, 1.807) is 13.1 Å². The van der Waals surface area contributed by atoms with Crippen LogP contribution in [0.25, 0.3) is 10.9 Å². The van der Waals surface area contributed by atoms with Gasteiger partial charge in [-0.1, -0.05) is 38.5 Å². The number of amides is 3. The second-order valence-corrected chi connectivity index (χ2v) is 9.83. The summed E-state index contributed by atoms with van der Waals surface area (Å²) in [6, 6.07) is 3.45. The summed E-state index contributed by atoms with van der Waals surface area (Å²) in [6.07, 6.45) is 3.91. The first-order chi connectivity index (χ1) is 18.1. The third-order valence-electron chi connectivity index (χ3n) is 6.62. The van der Waals surface area contributed by atoms with E-state index in [1.807, 2.05) is 31.2 Å². The van der Waals surface area contributed by atoms with Crippen molar-refractivity contribution in [3.05, 3.63) is 36.0 Å². The van der Waals surface area contributed by atoms with Gasteiger partial charge in [0.2, 0.25) is 17.7 Å². The second-order valence-electron chi connectivity index (χ2n) is 9.47. The van der Waals surface area contributed by atoms with E-state index >= 15 is 0 Å².